The highest BCUT2D eigenvalue weighted by atomic mass is 16.5. The van der Waals surface area contributed by atoms with Crippen LogP contribution in [-0.2, 0) is 13.6 Å². The van der Waals surface area contributed by atoms with Crippen molar-refractivity contribution in [2.45, 2.75) is 19.9 Å². The number of aryl methyl sites for hydroxylation is 1. The van der Waals surface area contributed by atoms with Crippen molar-refractivity contribution in [1.29, 1.82) is 0 Å². The van der Waals surface area contributed by atoms with Crippen LogP contribution in [0.5, 0.6) is 5.75 Å². The van der Waals surface area contributed by atoms with Crippen LogP contribution >= 0.6 is 0 Å². The number of nitrogens with zero attached hydrogens (tertiary/aromatic N) is 2. The standard InChI is InChI=1S/C14H19N3O/c1-3-10-18-13-6-4-12(5-7-13)16-11-14-15-8-9-17(14)2/h4-9,16H,3,10-11H2,1-2H3. The van der Waals surface area contributed by atoms with E-state index in [-0.39, 0.29) is 0 Å². The quantitative estimate of drug-likeness (QED) is 0.850. The third-order valence-electron chi connectivity index (χ3n) is 2.70. The Kier molecular flexibility index (Phi) is 4.23. The van der Waals surface area contributed by atoms with Gasteiger partial charge in [0.25, 0.3) is 0 Å². The molecule has 0 saturated heterocycles. The summed E-state index contributed by atoms with van der Waals surface area (Å²) >= 11 is 0. The van der Waals surface area contributed by atoms with E-state index in [0.717, 1.165) is 36.8 Å². The Morgan fingerprint density at radius 2 is 2.06 bits per heavy atom. The molecule has 18 heavy (non-hydrogen) atoms. The van der Waals surface area contributed by atoms with Crippen molar-refractivity contribution in [1.82, 2.24) is 9.55 Å². The van der Waals surface area contributed by atoms with E-state index < -0.39 is 0 Å². The molecule has 0 saturated carbocycles. The lowest BCUT2D eigenvalue weighted by molar-refractivity contribution is 0.317. The zero-order valence-electron chi connectivity index (χ0n) is 10.9. The summed E-state index contributed by atoms with van der Waals surface area (Å²) in [5.74, 6) is 1.93. The number of rotatable bonds is 6. The number of hydrogen-bond donors (Lipinski definition) is 1. The third kappa shape index (κ3) is 3.26. The maximum Gasteiger partial charge on any atom is 0.127 e. The van der Waals surface area contributed by atoms with Gasteiger partial charge in [0.15, 0.2) is 0 Å². The molecule has 0 spiro atoms. The predicted octanol–water partition coefficient (Wildman–Crippen LogP) is 2.82. The fourth-order valence-electron chi connectivity index (χ4n) is 1.64. The van der Waals surface area contributed by atoms with Crippen LogP contribution in [0.3, 0.4) is 0 Å². The second-order valence-corrected chi connectivity index (χ2v) is 4.18. The van der Waals surface area contributed by atoms with Gasteiger partial charge in [-0.25, -0.2) is 4.98 Å². The van der Waals surface area contributed by atoms with Crippen LogP contribution in [0.25, 0.3) is 0 Å². The van der Waals surface area contributed by atoms with E-state index in [0.29, 0.717) is 0 Å². The second-order valence-electron chi connectivity index (χ2n) is 4.18. The molecule has 1 aromatic heterocycles. The Hall–Kier alpha value is -1.97. The van der Waals surface area contributed by atoms with Gasteiger partial charge in [0, 0.05) is 25.1 Å². The van der Waals surface area contributed by atoms with Crippen molar-refractivity contribution in [2.75, 3.05) is 11.9 Å². The Labute approximate surface area is 108 Å². The van der Waals surface area contributed by atoms with Gasteiger partial charge in [-0.15, -0.1) is 0 Å². The number of imidazole rings is 1. The molecule has 4 heteroatoms. The molecule has 2 rings (SSSR count). The highest BCUT2D eigenvalue weighted by Crippen LogP contribution is 2.16. The Morgan fingerprint density at radius 3 is 2.67 bits per heavy atom. The average Bonchev–Trinajstić information content (AvgIpc) is 2.81. The van der Waals surface area contributed by atoms with Gasteiger partial charge >= 0.3 is 0 Å². The van der Waals surface area contributed by atoms with Gasteiger partial charge < -0.3 is 14.6 Å². The molecule has 0 radical (unpaired) electrons. The van der Waals surface area contributed by atoms with Crippen LogP contribution in [0.4, 0.5) is 5.69 Å². The van der Waals surface area contributed by atoms with Crippen molar-refractivity contribution < 1.29 is 4.74 Å². The minimum Gasteiger partial charge on any atom is -0.494 e. The summed E-state index contributed by atoms with van der Waals surface area (Å²) in [5.41, 5.74) is 1.07. The molecule has 0 atom stereocenters. The molecule has 0 aliphatic heterocycles. The zero-order chi connectivity index (χ0) is 12.8. The Morgan fingerprint density at radius 1 is 1.28 bits per heavy atom. The molecule has 0 aliphatic rings. The van der Waals surface area contributed by atoms with E-state index >= 15 is 0 Å². The van der Waals surface area contributed by atoms with Crippen LogP contribution in [0.2, 0.25) is 0 Å². The highest BCUT2D eigenvalue weighted by molar-refractivity contribution is 5.46. The summed E-state index contributed by atoms with van der Waals surface area (Å²) in [6, 6.07) is 8.01. The lowest BCUT2D eigenvalue weighted by Gasteiger charge is -2.08. The molecule has 2 aromatic rings. The van der Waals surface area contributed by atoms with E-state index in [9.17, 15) is 0 Å². The van der Waals surface area contributed by atoms with Crippen molar-refractivity contribution in [3.63, 3.8) is 0 Å². The normalized spacial score (nSPS) is 10.3. The number of anilines is 1. The summed E-state index contributed by atoms with van der Waals surface area (Å²) in [6.07, 6.45) is 4.77. The number of benzene rings is 1. The summed E-state index contributed by atoms with van der Waals surface area (Å²) in [6.45, 7) is 3.58. The van der Waals surface area contributed by atoms with Gasteiger partial charge in [-0.3, -0.25) is 0 Å². The van der Waals surface area contributed by atoms with Gasteiger partial charge in [-0.05, 0) is 30.7 Å². The first kappa shape index (κ1) is 12.5. The molecule has 0 aliphatic carbocycles. The zero-order valence-corrected chi connectivity index (χ0v) is 10.9. The molecule has 1 heterocycles. The summed E-state index contributed by atoms with van der Waals surface area (Å²) in [4.78, 5) is 4.26. The minimum absolute atomic E-state index is 0.721. The van der Waals surface area contributed by atoms with Crippen LogP contribution < -0.4 is 10.1 Å². The highest BCUT2D eigenvalue weighted by Gasteiger charge is 1.99. The van der Waals surface area contributed by atoms with Gasteiger partial charge in [-0.1, -0.05) is 6.92 Å². The first-order valence-electron chi connectivity index (χ1n) is 6.22. The van der Waals surface area contributed by atoms with Gasteiger partial charge in [0.2, 0.25) is 0 Å². The van der Waals surface area contributed by atoms with Crippen LogP contribution in [0, 0.1) is 0 Å². The molecular formula is C14H19N3O. The molecule has 0 bridgehead atoms. The molecule has 1 N–H and O–H groups in total. The molecule has 4 nitrogen and oxygen atoms in total. The van der Waals surface area contributed by atoms with Crippen molar-refractivity contribution in [2.24, 2.45) is 7.05 Å². The molecule has 1 aromatic carbocycles. The smallest absolute Gasteiger partial charge is 0.127 e. The van der Waals surface area contributed by atoms with E-state index in [4.69, 9.17) is 4.74 Å². The summed E-state index contributed by atoms with van der Waals surface area (Å²) < 4.78 is 7.54. The van der Waals surface area contributed by atoms with E-state index in [2.05, 4.69) is 17.2 Å². The minimum atomic E-state index is 0.721. The van der Waals surface area contributed by atoms with Crippen molar-refractivity contribution in [3.8, 4) is 5.75 Å². The number of aromatic nitrogens is 2. The lowest BCUT2D eigenvalue weighted by atomic mass is 10.3. The van der Waals surface area contributed by atoms with Gasteiger partial charge in [-0.2, -0.15) is 0 Å². The first-order chi connectivity index (χ1) is 8.79. The fourth-order valence-corrected chi connectivity index (χ4v) is 1.64. The first-order valence-corrected chi connectivity index (χ1v) is 6.22. The maximum atomic E-state index is 5.54. The maximum absolute atomic E-state index is 5.54. The second kappa shape index (κ2) is 6.10. The predicted molar refractivity (Wildman–Crippen MR) is 72.8 cm³/mol. The van der Waals surface area contributed by atoms with Crippen LogP contribution in [-0.4, -0.2) is 16.2 Å². The number of nitrogens with one attached hydrogen (secondary N) is 1. The van der Waals surface area contributed by atoms with E-state index in [1.165, 1.54) is 0 Å². The van der Waals surface area contributed by atoms with Crippen molar-refractivity contribution in [3.05, 3.63) is 42.5 Å². The SMILES string of the molecule is CCCOc1ccc(NCc2nccn2C)cc1. The Balaban J connectivity index is 1.88. The Bertz CT molecular complexity index is 476. The molecular weight excluding hydrogens is 226 g/mol. The van der Waals surface area contributed by atoms with Crippen molar-refractivity contribution >= 4 is 5.69 Å². The molecule has 96 valence electrons. The van der Waals surface area contributed by atoms with E-state index in [1.54, 1.807) is 6.20 Å². The molecule has 0 fully saturated rings. The largest absolute Gasteiger partial charge is 0.494 e. The summed E-state index contributed by atoms with van der Waals surface area (Å²) in [5, 5.41) is 3.33. The van der Waals surface area contributed by atoms with Gasteiger partial charge in [0.05, 0.1) is 13.2 Å². The van der Waals surface area contributed by atoms with E-state index in [1.807, 2.05) is 42.1 Å². The molecule has 0 unspecified atom stereocenters. The summed E-state index contributed by atoms with van der Waals surface area (Å²) in [7, 11) is 1.99. The van der Waals surface area contributed by atoms with Crippen LogP contribution in [0.1, 0.15) is 19.2 Å². The number of ether oxygens (including phenoxy) is 1. The molecule has 0 amide bonds. The monoisotopic (exact) mass is 245 g/mol. The van der Waals surface area contributed by atoms with Gasteiger partial charge in [0.1, 0.15) is 11.6 Å². The fraction of sp³-hybridized carbons (Fsp3) is 0.357. The third-order valence-corrected chi connectivity index (χ3v) is 2.70. The average molecular weight is 245 g/mol. The topological polar surface area (TPSA) is 39.1 Å². The number of hydrogen-bond acceptors (Lipinski definition) is 3. The van der Waals surface area contributed by atoms with Crippen LogP contribution in [0.15, 0.2) is 36.7 Å². The lowest BCUT2D eigenvalue weighted by Crippen LogP contribution is -2.05.